The Bertz CT molecular complexity index is 911. The van der Waals surface area contributed by atoms with Crippen LogP contribution in [-0.2, 0) is 6.18 Å². The molecule has 10 heteroatoms. The summed E-state index contributed by atoms with van der Waals surface area (Å²) in [5.41, 5.74) is -1.64. The lowest BCUT2D eigenvalue weighted by atomic mass is 9.86. The molecular formula is C21H25F4N5O. The Morgan fingerprint density at radius 2 is 1.87 bits per heavy atom. The lowest BCUT2D eigenvalue weighted by molar-refractivity contribution is -0.137. The lowest BCUT2D eigenvalue weighted by Gasteiger charge is -2.29. The van der Waals surface area contributed by atoms with Gasteiger partial charge >= 0.3 is 6.18 Å². The van der Waals surface area contributed by atoms with Gasteiger partial charge in [-0.1, -0.05) is 0 Å². The third-order valence-electron chi connectivity index (χ3n) is 5.37. The highest BCUT2D eigenvalue weighted by atomic mass is 19.4. The molecule has 31 heavy (non-hydrogen) atoms. The first kappa shape index (κ1) is 22.8. The molecule has 1 amide bonds. The molecule has 2 N–H and O–H groups in total. The fourth-order valence-corrected chi connectivity index (χ4v) is 3.57. The number of nitrogens with one attached hydrogen (secondary N) is 2. The predicted molar refractivity (Wildman–Crippen MR) is 109 cm³/mol. The zero-order chi connectivity index (χ0) is 22.6. The molecule has 0 radical (unpaired) electrons. The van der Waals surface area contributed by atoms with E-state index in [2.05, 4.69) is 20.6 Å². The second kappa shape index (κ2) is 9.49. The van der Waals surface area contributed by atoms with Crippen molar-refractivity contribution in [3.05, 3.63) is 47.4 Å². The molecular weight excluding hydrogens is 414 g/mol. The fraction of sp³-hybridized carbons (Fsp3) is 0.476. The first-order valence-electron chi connectivity index (χ1n) is 10.1. The first-order valence-corrected chi connectivity index (χ1v) is 10.1. The van der Waals surface area contributed by atoms with Gasteiger partial charge in [-0.15, -0.1) is 0 Å². The summed E-state index contributed by atoms with van der Waals surface area (Å²) in [5, 5.41) is 5.90. The number of aromatic nitrogens is 2. The van der Waals surface area contributed by atoms with E-state index in [0.29, 0.717) is 24.1 Å². The van der Waals surface area contributed by atoms with Crippen LogP contribution in [0.1, 0.15) is 41.6 Å². The van der Waals surface area contributed by atoms with Gasteiger partial charge in [-0.05, 0) is 55.9 Å². The van der Waals surface area contributed by atoms with Gasteiger partial charge in [-0.3, -0.25) is 4.79 Å². The minimum atomic E-state index is -4.64. The number of nitrogens with zero attached hydrogens (tertiary/aromatic N) is 3. The number of carbonyl (C=O) groups is 1. The highest BCUT2D eigenvalue weighted by Crippen LogP contribution is 2.30. The third-order valence-corrected chi connectivity index (χ3v) is 5.37. The highest BCUT2D eigenvalue weighted by Gasteiger charge is 2.32. The minimum absolute atomic E-state index is 0.171. The Hall–Kier alpha value is -2.91. The average Bonchev–Trinajstić information content (AvgIpc) is 2.72. The number of rotatable bonds is 6. The second-order valence-electron chi connectivity index (χ2n) is 7.90. The largest absolute Gasteiger partial charge is 0.416 e. The van der Waals surface area contributed by atoms with Gasteiger partial charge in [0.2, 0.25) is 5.95 Å². The summed E-state index contributed by atoms with van der Waals surface area (Å²) in [6.07, 6.45) is 0.372. The smallest absolute Gasteiger partial charge is 0.363 e. The van der Waals surface area contributed by atoms with Crippen molar-refractivity contribution in [3.8, 4) is 0 Å². The lowest BCUT2D eigenvalue weighted by Crippen LogP contribution is -2.34. The number of alkyl halides is 3. The van der Waals surface area contributed by atoms with Gasteiger partial charge in [0, 0.05) is 32.9 Å². The summed E-state index contributed by atoms with van der Waals surface area (Å²) in [5.74, 6) is -0.278. The molecule has 1 aliphatic rings. The Labute approximate surface area is 178 Å². The molecule has 0 unspecified atom stereocenters. The van der Waals surface area contributed by atoms with E-state index in [9.17, 15) is 22.4 Å². The molecule has 1 aliphatic carbocycles. The molecule has 6 nitrogen and oxygen atoms in total. The van der Waals surface area contributed by atoms with Crippen molar-refractivity contribution in [1.82, 2.24) is 15.3 Å². The number of carbonyl (C=O) groups excluding carboxylic acids is 1. The topological polar surface area (TPSA) is 70.2 Å². The van der Waals surface area contributed by atoms with E-state index in [1.807, 2.05) is 25.1 Å². The van der Waals surface area contributed by atoms with E-state index in [0.717, 1.165) is 31.5 Å². The van der Waals surface area contributed by atoms with Crippen molar-refractivity contribution >= 4 is 17.7 Å². The van der Waals surface area contributed by atoms with Gasteiger partial charge in [-0.25, -0.2) is 9.37 Å². The van der Waals surface area contributed by atoms with Crippen LogP contribution in [0.5, 0.6) is 0 Å². The second-order valence-corrected chi connectivity index (χ2v) is 7.90. The van der Waals surface area contributed by atoms with Crippen molar-refractivity contribution in [2.45, 2.75) is 37.9 Å². The van der Waals surface area contributed by atoms with Gasteiger partial charge < -0.3 is 15.5 Å². The van der Waals surface area contributed by atoms with E-state index in [-0.39, 0.29) is 18.5 Å². The summed E-state index contributed by atoms with van der Waals surface area (Å²) in [6, 6.07) is 3.86. The van der Waals surface area contributed by atoms with Crippen molar-refractivity contribution in [2.75, 3.05) is 30.9 Å². The number of hydrogen-bond donors (Lipinski definition) is 2. The standard InChI is InChI=1S/C21H25F4N5O/c1-30(2)18-9-10-26-20(29-18)28-15-6-3-13(4-7-15)12-27-19(31)16-11-14(21(23,24)25)5-8-17(16)22/h5,8-11,13,15H,3-4,6-7,12H2,1-2H3,(H,27,31)(H,26,28,29). The summed E-state index contributed by atoms with van der Waals surface area (Å²) in [7, 11) is 3.80. The van der Waals surface area contributed by atoms with E-state index in [1.165, 1.54) is 0 Å². The van der Waals surface area contributed by atoms with Crippen molar-refractivity contribution in [3.63, 3.8) is 0 Å². The monoisotopic (exact) mass is 439 g/mol. The summed E-state index contributed by atoms with van der Waals surface area (Å²) >= 11 is 0. The molecule has 1 saturated carbocycles. The van der Waals surface area contributed by atoms with Crippen LogP contribution in [-0.4, -0.2) is 42.6 Å². The zero-order valence-electron chi connectivity index (χ0n) is 17.3. The van der Waals surface area contributed by atoms with Crippen LogP contribution in [0.4, 0.5) is 29.3 Å². The van der Waals surface area contributed by atoms with E-state index in [1.54, 1.807) is 6.20 Å². The van der Waals surface area contributed by atoms with Crippen LogP contribution >= 0.6 is 0 Å². The number of halogens is 4. The van der Waals surface area contributed by atoms with Crippen LogP contribution in [0.2, 0.25) is 0 Å². The minimum Gasteiger partial charge on any atom is -0.363 e. The summed E-state index contributed by atoms with van der Waals surface area (Å²) in [6.45, 7) is 0.286. The van der Waals surface area contributed by atoms with Crippen molar-refractivity contribution < 1.29 is 22.4 Å². The van der Waals surface area contributed by atoms with Crippen LogP contribution in [0, 0.1) is 11.7 Å². The SMILES string of the molecule is CN(C)c1ccnc(NC2CCC(CNC(=O)c3cc(C(F)(F)F)ccc3F)CC2)n1. The molecule has 1 heterocycles. The van der Waals surface area contributed by atoms with E-state index >= 15 is 0 Å². The van der Waals surface area contributed by atoms with Gasteiger partial charge in [0.15, 0.2) is 0 Å². The molecule has 168 valence electrons. The van der Waals surface area contributed by atoms with Gasteiger partial charge in [0.25, 0.3) is 5.91 Å². The Balaban J connectivity index is 1.49. The first-order chi connectivity index (χ1) is 14.6. The molecule has 0 spiro atoms. The maximum Gasteiger partial charge on any atom is 0.416 e. The Morgan fingerprint density at radius 3 is 2.52 bits per heavy atom. The Morgan fingerprint density at radius 1 is 1.16 bits per heavy atom. The van der Waals surface area contributed by atoms with E-state index in [4.69, 9.17) is 0 Å². The maximum absolute atomic E-state index is 13.9. The normalized spacial score (nSPS) is 19.0. The molecule has 0 saturated heterocycles. The number of benzene rings is 1. The number of anilines is 2. The van der Waals surface area contributed by atoms with Gasteiger partial charge in [0.05, 0.1) is 11.1 Å². The molecule has 0 bridgehead atoms. The zero-order valence-corrected chi connectivity index (χ0v) is 17.3. The third kappa shape index (κ3) is 6.05. The molecule has 0 atom stereocenters. The molecule has 0 aliphatic heterocycles. The predicted octanol–water partition coefficient (Wildman–Crippen LogP) is 4.10. The van der Waals surface area contributed by atoms with Crippen LogP contribution < -0.4 is 15.5 Å². The average molecular weight is 439 g/mol. The molecule has 1 fully saturated rings. The highest BCUT2D eigenvalue weighted by molar-refractivity contribution is 5.94. The van der Waals surface area contributed by atoms with Crippen LogP contribution in [0.25, 0.3) is 0 Å². The quantitative estimate of drug-likeness (QED) is 0.664. The van der Waals surface area contributed by atoms with Gasteiger partial charge in [-0.2, -0.15) is 18.2 Å². The van der Waals surface area contributed by atoms with Crippen LogP contribution in [0.15, 0.2) is 30.5 Å². The van der Waals surface area contributed by atoms with Gasteiger partial charge in [0.1, 0.15) is 11.6 Å². The van der Waals surface area contributed by atoms with Crippen molar-refractivity contribution in [1.29, 1.82) is 0 Å². The molecule has 3 rings (SSSR count). The molecule has 1 aromatic heterocycles. The van der Waals surface area contributed by atoms with E-state index < -0.39 is 29.0 Å². The number of amides is 1. The summed E-state index contributed by atoms with van der Waals surface area (Å²) in [4.78, 5) is 22.8. The molecule has 2 aromatic rings. The van der Waals surface area contributed by atoms with Crippen molar-refractivity contribution in [2.24, 2.45) is 5.92 Å². The number of hydrogen-bond acceptors (Lipinski definition) is 5. The van der Waals surface area contributed by atoms with Crippen LogP contribution in [0.3, 0.4) is 0 Å². The maximum atomic E-state index is 13.9. The summed E-state index contributed by atoms with van der Waals surface area (Å²) < 4.78 is 52.3. The molecule has 1 aromatic carbocycles. The fourth-order valence-electron chi connectivity index (χ4n) is 3.57. The Kier molecular flexibility index (Phi) is 6.97.